The number of benzene rings is 1. The van der Waals surface area contributed by atoms with Gasteiger partial charge in [-0.05, 0) is 17.7 Å². The molecule has 1 aromatic carbocycles. The van der Waals surface area contributed by atoms with E-state index >= 15 is 0 Å². The molecule has 2 aromatic heterocycles. The maximum Gasteiger partial charge on any atom is 0.223 e. The number of anilines is 1. The van der Waals surface area contributed by atoms with Gasteiger partial charge in [-0.3, -0.25) is 4.79 Å². The second-order valence-corrected chi connectivity index (χ2v) is 5.94. The second kappa shape index (κ2) is 6.28. The molecule has 4 rings (SSSR count). The van der Waals surface area contributed by atoms with Crippen molar-refractivity contribution in [1.82, 2.24) is 9.97 Å². The van der Waals surface area contributed by atoms with E-state index < -0.39 is 0 Å². The summed E-state index contributed by atoms with van der Waals surface area (Å²) in [7, 11) is 0. The van der Waals surface area contributed by atoms with E-state index in [1.165, 1.54) is 0 Å². The summed E-state index contributed by atoms with van der Waals surface area (Å²) >= 11 is 0. The lowest BCUT2D eigenvalue weighted by atomic mass is 9.85. The number of hydrogen-bond donors (Lipinski definition) is 1. The minimum Gasteiger partial charge on any atom is -0.469 e. The number of carbonyl (C=O) groups is 1. The third-order valence-corrected chi connectivity index (χ3v) is 4.28. The maximum absolute atomic E-state index is 12.3. The molecule has 3 aromatic rings. The fourth-order valence-corrected chi connectivity index (χ4v) is 3.03. The number of furan rings is 1. The normalized spacial score (nSPS) is 16.7. The molecule has 0 amide bonds. The molecule has 1 atom stereocenters. The summed E-state index contributed by atoms with van der Waals surface area (Å²) in [6.45, 7) is 0.648. The maximum atomic E-state index is 12.3. The Morgan fingerprint density at radius 3 is 2.79 bits per heavy atom. The first kappa shape index (κ1) is 14.6. The summed E-state index contributed by atoms with van der Waals surface area (Å²) in [5.74, 6) is 1.51. The molecule has 1 aliphatic carbocycles. The van der Waals surface area contributed by atoms with Crippen LogP contribution >= 0.6 is 0 Å². The number of Topliss-reactive ketones (excluding diaryl/α,β-unsaturated/α-hetero) is 1. The Labute approximate surface area is 139 Å². The molecule has 0 saturated heterocycles. The van der Waals surface area contributed by atoms with E-state index in [0.717, 1.165) is 17.0 Å². The highest BCUT2D eigenvalue weighted by molar-refractivity contribution is 5.98. The quantitative estimate of drug-likeness (QED) is 0.796. The largest absolute Gasteiger partial charge is 0.469 e. The van der Waals surface area contributed by atoms with Crippen LogP contribution in [0.3, 0.4) is 0 Å². The number of nitrogens with one attached hydrogen (secondary N) is 1. The Morgan fingerprint density at radius 2 is 2.00 bits per heavy atom. The lowest BCUT2D eigenvalue weighted by molar-refractivity contribution is 0.0958. The number of fused-ring (bicyclic) bond motifs is 1. The predicted molar refractivity (Wildman–Crippen MR) is 89.9 cm³/mol. The van der Waals surface area contributed by atoms with Crippen molar-refractivity contribution in [3.8, 4) is 0 Å². The van der Waals surface area contributed by atoms with Crippen LogP contribution in [0.2, 0.25) is 0 Å². The van der Waals surface area contributed by atoms with Gasteiger partial charge in [-0.2, -0.15) is 0 Å². The molecular weight excluding hydrogens is 302 g/mol. The van der Waals surface area contributed by atoms with Crippen molar-refractivity contribution in [3.05, 3.63) is 77.5 Å². The van der Waals surface area contributed by atoms with Crippen molar-refractivity contribution in [2.75, 3.05) is 5.32 Å². The van der Waals surface area contributed by atoms with E-state index in [0.29, 0.717) is 30.9 Å². The van der Waals surface area contributed by atoms with Crippen LogP contribution in [0.25, 0.3) is 0 Å². The van der Waals surface area contributed by atoms with Gasteiger partial charge in [0.1, 0.15) is 5.76 Å². The van der Waals surface area contributed by atoms with Gasteiger partial charge >= 0.3 is 0 Å². The molecule has 0 saturated carbocycles. The Balaban J connectivity index is 1.54. The summed E-state index contributed by atoms with van der Waals surface area (Å²) in [6.07, 6.45) is 4.41. The third-order valence-electron chi connectivity index (χ3n) is 4.28. The van der Waals surface area contributed by atoms with Gasteiger partial charge in [0.2, 0.25) is 5.95 Å². The van der Waals surface area contributed by atoms with Gasteiger partial charge in [0.15, 0.2) is 5.78 Å². The molecule has 1 aliphatic rings. The predicted octanol–water partition coefficient (Wildman–Crippen LogP) is 3.59. The van der Waals surface area contributed by atoms with Gasteiger partial charge in [-0.25, -0.2) is 9.97 Å². The topological polar surface area (TPSA) is 68.0 Å². The summed E-state index contributed by atoms with van der Waals surface area (Å²) in [5, 5.41) is 3.22. The zero-order valence-electron chi connectivity index (χ0n) is 13.1. The molecular formula is C19H17N3O2. The average Bonchev–Trinajstić information content (AvgIpc) is 3.15. The molecule has 0 radical (unpaired) electrons. The van der Waals surface area contributed by atoms with Crippen LogP contribution in [0.4, 0.5) is 5.95 Å². The fourth-order valence-electron chi connectivity index (χ4n) is 3.03. The number of hydrogen-bond acceptors (Lipinski definition) is 5. The van der Waals surface area contributed by atoms with Crippen LogP contribution in [-0.2, 0) is 13.0 Å². The van der Waals surface area contributed by atoms with E-state index in [9.17, 15) is 4.79 Å². The minimum atomic E-state index is 0.0527. The average molecular weight is 319 g/mol. The summed E-state index contributed by atoms with van der Waals surface area (Å²) in [6, 6.07) is 13.8. The Kier molecular flexibility index (Phi) is 3.83. The second-order valence-electron chi connectivity index (χ2n) is 5.94. The van der Waals surface area contributed by atoms with Crippen LogP contribution in [0.15, 0.2) is 59.3 Å². The number of rotatable bonds is 4. The lowest BCUT2D eigenvalue weighted by Gasteiger charge is -2.21. The SMILES string of the molecule is O=C1C[C@@H](c2ccco2)Cc2nc(NCc3ccccc3)ncc21. The van der Waals surface area contributed by atoms with Gasteiger partial charge < -0.3 is 9.73 Å². The molecule has 0 fully saturated rings. The van der Waals surface area contributed by atoms with E-state index in [1.54, 1.807) is 12.5 Å². The monoisotopic (exact) mass is 319 g/mol. The van der Waals surface area contributed by atoms with Gasteiger partial charge in [-0.15, -0.1) is 0 Å². The van der Waals surface area contributed by atoms with Crippen molar-refractivity contribution >= 4 is 11.7 Å². The Bertz CT molecular complexity index is 844. The molecule has 2 heterocycles. The van der Waals surface area contributed by atoms with Crippen molar-refractivity contribution in [1.29, 1.82) is 0 Å². The first-order valence-electron chi connectivity index (χ1n) is 8.00. The van der Waals surface area contributed by atoms with Gasteiger partial charge in [0, 0.05) is 31.5 Å². The van der Waals surface area contributed by atoms with E-state index in [4.69, 9.17) is 4.42 Å². The smallest absolute Gasteiger partial charge is 0.223 e. The van der Waals surface area contributed by atoms with Crippen LogP contribution < -0.4 is 5.32 Å². The van der Waals surface area contributed by atoms with Crippen molar-refractivity contribution in [2.45, 2.75) is 25.3 Å². The zero-order chi connectivity index (χ0) is 16.4. The molecule has 5 nitrogen and oxygen atoms in total. The molecule has 0 spiro atoms. The highest BCUT2D eigenvalue weighted by Crippen LogP contribution is 2.32. The highest BCUT2D eigenvalue weighted by atomic mass is 16.3. The molecule has 5 heteroatoms. The van der Waals surface area contributed by atoms with E-state index in [1.807, 2.05) is 42.5 Å². The molecule has 1 N–H and O–H groups in total. The molecule has 120 valence electrons. The Hall–Kier alpha value is -2.95. The van der Waals surface area contributed by atoms with Gasteiger partial charge in [0.25, 0.3) is 0 Å². The van der Waals surface area contributed by atoms with Gasteiger partial charge in [-0.1, -0.05) is 30.3 Å². The first-order chi connectivity index (χ1) is 11.8. The zero-order valence-corrected chi connectivity index (χ0v) is 13.1. The van der Waals surface area contributed by atoms with Gasteiger partial charge in [0.05, 0.1) is 17.5 Å². The number of carbonyl (C=O) groups excluding carboxylic acids is 1. The minimum absolute atomic E-state index is 0.0527. The molecule has 0 unspecified atom stereocenters. The number of ketones is 1. The number of aromatic nitrogens is 2. The van der Waals surface area contributed by atoms with E-state index in [2.05, 4.69) is 15.3 Å². The summed E-state index contributed by atoms with van der Waals surface area (Å²) < 4.78 is 5.46. The fraction of sp³-hybridized carbons (Fsp3) is 0.211. The Morgan fingerprint density at radius 1 is 1.12 bits per heavy atom. The summed E-state index contributed by atoms with van der Waals surface area (Å²) in [4.78, 5) is 21.2. The molecule has 0 aliphatic heterocycles. The van der Waals surface area contributed by atoms with Crippen LogP contribution in [0, 0.1) is 0 Å². The van der Waals surface area contributed by atoms with Crippen molar-refractivity contribution < 1.29 is 9.21 Å². The van der Waals surface area contributed by atoms with Crippen LogP contribution in [0.1, 0.15) is 39.7 Å². The molecule has 0 bridgehead atoms. The highest BCUT2D eigenvalue weighted by Gasteiger charge is 2.29. The van der Waals surface area contributed by atoms with E-state index in [-0.39, 0.29) is 11.7 Å². The van der Waals surface area contributed by atoms with Crippen LogP contribution in [0.5, 0.6) is 0 Å². The van der Waals surface area contributed by atoms with Crippen molar-refractivity contribution in [3.63, 3.8) is 0 Å². The van der Waals surface area contributed by atoms with Crippen LogP contribution in [-0.4, -0.2) is 15.8 Å². The standard InChI is InChI=1S/C19H17N3O2/c23-17-10-14(18-7-4-8-24-18)9-16-15(17)12-21-19(22-16)20-11-13-5-2-1-3-6-13/h1-8,12,14H,9-11H2,(H,20,21,22)/t14-/m0/s1. The lowest BCUT2D eigenvalue weighted by Crippen LogP contribution is -2.21. The third kappa shape index (κ3) is 2.93. The first-order valence-corrected chi connectivity index (χ1v) is 8.00. The molecule has 24 heavy (non-hydrogen) atoms. The van der Waals surface area contributed by atoms with Crippen molar-refractivity contribution in [2.24, 2.45) is 0 Å². The number of nitrogens with zero attached hydrogens (tertiary/aromatic N) is 2. The summed E-state index contributed by atoms with van der Waals surface area (Å²) in [5.41, 5.74) is 2.57.